The molecular formula is C25H30N2O6S. The summed E-state index contributed by atoms with van der Waals surface area (Å²) in [5.41, 5.74) is 1.54. The SMILES string of the molecule is COc1ccc(CNC(=O)COC(=O)/C=C/c2ccc(S(=O)(=O)N3CCCCCC3)cc2)cc1. The third-order valence-corrected chi connectivity index (χ3v) is 7.40. The van der Waals surface area contributed by atoms with Gasteiger partial charge in [0.15, 0.2) is 6.61 Å². The molecule has 2 aromatic carbocycles. The van der Waals surface area contributed by atoms with Gasteiger partial charge in [-0.3, -0.25) is 4.79 Å². The molecule has 0 saturated carbocycles. The average molecular weight is 487 g/mol. The first-order valence-corrected chi connectivity index (χ1v) is 12.7. The van der Waals surface area contributed by atoms with Gasteiger partial charge in [0.2, 0.25) is 10.0 Å². The molecule has 0 aliphatic carbocycles. The van der Waals surface area contributed by atoms with Gasteiger partial charge in [-0.1, -0.05) is 37.1 Å². The van der Waals surface area contributed by atoms with Crippen molar-refractivity contribution in [2.45, 2.75) is 37.1 Å². The fourth-order valence-corrected chi connectivity index (χ4v) is 5.04. The first-order chi connectivity index (χ1) is 16.4. The lowest BCUT2D eigenvalue weighted by Crippen LogP contribution is -2.31. The maximum Gasteiger partial charge on any atom is 0.331 e. The van der Waals surface area contributed by atoms with Crippen LogP contribution in [0.2, 0.25) is 0 Å². The quantitative estimate of drug-likeness (QED) is 0.432. The molecule has 0 spiro atoms. The van der Waals surface area contributed by atoms with Crippen molar-refractivity contribution in [3.8, 4) is 5.75 Å². The summed E-state index contributed by atoms with van der Waals surface area (Å²) in [5, 5.41) is 2.67. The van der Waals surface area contributed by atoms with E-state index in [1.165, 1.54) is 24.3 Å². The van der Waals surface area contributed by atoms with Crippen molar-refractivity contribution in [3.63, 3.8) is 0 Å². The number of nitrogens with one attached hydrogen (secondary N) is 1. The number of ether oxygens (including phenoxy) is 2. The Bertz CT molecular complexity index is 1090. The zero-order chi connectivity index (χ0) is 24.4. The zero-order valence-electron chi connectivity index (χ0n) is 19.2. The van der Waals surface area contributed by atoms with E-state index in [1.807, 2.05) is 12.1 Å². The standard InChI is InChI=1S/C25H30N2O6S/c1-32-22-11-6-21(7-12-22)18-26-24(28)19-33-25(29)15-10-20-8-13-23(14-9-20)34(30,31)27-16-4-2-3-5-17-27/h6-15H,2-5,16-19H2,1H3,(H,26,28)/b15-10+. The van der Waals surface area contributed by atoms with Crippen LogP contribution in [0, 0.1) is 0 Å². The van der Waals surface area contributed by atoms with E-state index < -0.39 is 28.5 Å². The van der Waals surface area contributed by atoms with E-state index in [1.54, 1.807) is 35.7 Å². The van der Waals surface area contributed by atoms with E-state index in [4.69, 9.17) is 9.47 Å². The number of methoxy groups -OCH3 is 1. The summed E-state index contributed by atoms with van der Waals surface area (Å²) in [4.78, 5) is 24.1. The Morgan fingerprint density at radius 3 is 2.24 bits per heavy atom. The molecule has 0 atom stereocenters. The number of hydrogen-bond acceptors (Lipinski definition) is 6. The maximum absolute atomic E-state index is 12.8. The molecule has 0 radical (unpaired) electrons. The van der Waals surface area contributed by atoms with Crippen LogP contribution >= 0.6 is 0 Å². The summed E-state index contributed by atoms with van der Waals surface area (Å²) in [7, 11) is -1.93. The van der Waals surface area contributed by atoms with E-state index in [0.717, 1.165) is 37.0 Å². The van der Waals surface area contributed by atoms with Gasteiger partial charge in [0.25, 0.3) is 5.91 Å². The minimum Gasteiger partial charge on any atom is -0.497 e. The van der Waals surface area contributed by atoms with E-state index in [2.05, 4.69) is 5.32 Å². The molecular weight excluding hydrogens is 456 g/mol. The Balaban J connectivity index is 1.45. The topological polar surface area (TPSA) is 102 Å². The van der Waals surface area contributed by atoms with Crippen LogP contribution in [0.4, 0.5) is 0 Å². The second-order valence-corrected chi connectivity index (χ2v) is 9.89. The molecule has 0 aromatic heterocycles. The van der Waals surface area contributed by atoms with Crippen molar-refractivity contribution in [2.75, 3.05) is 26.8 Å². The van der Waals surface area contributed by atoms with Gasteiger partial charge < -0.3 is 14.8 Å². The number of esters is 1. The Hall–Kier alpha value is -3.17. The highest BCUT2D eigenvalue weighted by Crippen LogP contribution is 2.21. The first kappa shape index (κ1) is 25.5. The Labute approximate surface area is 200 Å². The predicted molar refractivity (Wildman–Crippen MR) is 129 cm³/mol. The van der Waals surface area contributed by atoms with Crippen LogP contribution in [-0.2, 0) is 30.9 Å². The van der Waals surface area contributed by atoms with Gasteiger partial charge in [-0.25, -0.2) is 13.2 Å². The molecule has 8 nitrogen and oxygen atoms in total. The molecule has 0 bridgehead atoms. The smallest absolute Gasteiger partial charge is 0.331 e. The fourth-order valence-electron chi connectivity index (χ4n) is 3.53. The van der Waals surface area contributed by atoms with Crippen LogP contribution in [0.5, 0.6) is 5.75 Å². The Morgan fingerprint density at radius 1 is 0.971 bits per heavy atom. The lowest BCUT2D eigenvalue weighted by molar-refractivity contribution is -0.143. The predicted octanol–water partition coefficient (Wildman–Crippen LogP) is 3.13. The first-order valence-electron chi connectivity index (χ1n) is 11.2. The van der Waals surface area contributed by atoms with Gasteiger partial charge in [0, 0.05) is 25.7 Å². The van der Waals surface area contributed by atoms with E-state index >= 15 is 0 Å². The van der Waals surface area contributed by atoms with Crippen LogP contribution < -0.4 is 10.1 Å². The van der Waals surface area contributed by atoms with E-state index in [-0.39, 0.29) is 4.90 Å². The molecule has 1 aliphatic rings. The van der Waals surface area contributed by atoms with Gasteiger partial charge in [-0.2, -0.15) is 4.31 Å². The number of sulfonamides is 1. The lowest BCUT2D eigenvalue weighted by Gasteiger charge is -2.19. The number of rotatable bonds is 9. The third-order valence-electron chi connectivity index (χ3n) is 5.49. The zero-order valence-corrected chi connectivity index (χ0v) is 20.1. The van der Waals surface area contributed by atoms with Crippen molar-refractivity contribution < 1.29 is 27.5 Å². The van der Waals surface area contributed by atoms with Gasteiger partial charge in [-0.05, 0) is 54.3 Å². The summed E-state index contributed by atoms with van der Waals surface area (Å²) in [5.74, 6) is -0.356. The molecule has 2 aromatic rings. The van der Waals surface area contributed by atoms with Gasteiger partial charge in [-0.15, -0.1) is 0 Å². The van der Waals surface area contributed by atoms with Crippen molar-refractivity contribution in [1.29, 1.82) is 0 Å². The lowest BCUT2D eigenvalue weighted by atomic mass is 10.2. The molecule has 1 fully saturated rings. The molecule has 34 heavy (non-hydrogen) atoms. The molecule has 1 N–H and O–H groups in total. The Kier molecular flexibility index (Phi) is 9.24. The molecule has 1 amide bonds. The van der Waals surface area contributed by atoms with Crippen LogP contribution in [-0.4, -0.2) is 51.4 Å². The highest BCUT2D eigenvalue weighted by molar-refractivity contribution is 7.89. The van der Waals surface area contributed by atoms with Crippen LogP contribution in [0.25, 0.3) is 6.08 Å². The normalized spacial score (nSPS) is 15.0. The summed E-state index contributed by atoms with van der Waals surface area (Å²) in [6.45, 7) is 1.00. The summed E-state index contributed by atoms with van der Waals surface area (Å²) in [6, 6.07) is 13.6. The number of hydrogen-bond donors (Lipinski definition) is 1. The minimum absolute atomic E-state index is 0.239. The second kappa shape index (κ2) is 12.3. The van der Waals surface area contributed by atoms with Crippen LogP contribution in [0.15, 0.2) is 59.5 Å². The highest BCUT2D eigenvalue weighted by atomic mass is 32.2. The summed E-state index contributed by atoms with van der Waals surface area (Å²) in [6.07, 6.45) is 6.57. The van der Waals surface area contributed by atoms with Crippen molar-refractivity contribution in [3.05, 3.63) is 65.7 Å². The molecule has 182 valence electrons. The average Bonchev–Trinajstić information content (AvgIpc) is 3.16. The number of carbonyl (C=O) groups is 2. The number of amides is 1. The third kappa shape index (κ3) is 7.43. The maximum atomic E-state index is 12.8. The van der Waals surface area contributed by atoms with Gasteiger partial charge in [0.05, 0.1) is 12.0 Å². The molecule has 1 heterocycles. The summed E-state index contributed by atoms with van der Waals surface area (Å²) < 4.78 is 37.2. The van der Waals surface area contributed by atoms with Crippen molar-refractivity contribution in [1.82, 2.24) is 9.62 Å². The van der Waals surface area contributed by atoms with Gasteiger partial charge in [0.1, 0.15) is 5.75 Å². The largest absolute Gasteiger partial charge is 0.497 e. The molecule has 1 aliphatic heterocycles. The van der Waals surface area contributed by atoms with Crippen molar-refractivity contribution >= 4 is 28.0 Å². The monoisotopic (exact) mass is 486 g/mol. The van der Waals surface area contributed by atoms with Crippen molar-refractivity contribution in [2.24, 2.45) is 0 Å². The van der Waals surface area contributed by atoms with E-state index in [9.17, 15) is 18.0 Å². The highest BCUT2D eigenvalue weighted by Gasteiger charge is 2.24. The van der Waals surface area contributed by atoms with E-state index in [0.29, 0.717) is 25.2 Å². The van der Waals surface area contributed by atoms with Gasteiger partial charge >= 0.3 is 5.97 Å². The minimum atomic E-state index is -3.51. The summed E-state index contributed by atoms with van der Waals surface area (Å²) >= 11 is 0. The molecule has 1 saturated heterocycles. The number of carbonyl (C=O) groups excluding carboxylic acids is 2. The second-order valence-electron chi connectivity index (χ2n) is 7.95. The Morgan fingerprint density at radius 2 is 1.62 bits per heavy atom. The van der Waals surface area contributed by atoms with Crippen LogP contribution in [0.3, 0.4) is 0 Å². The van der Waals surface area contributed by atoms with Crippen LogP contribution in [0.1, 0.15) is 36.8 Å². The molecule has 0 unspecified atom stereocenters. The molecule has 3 rings (SSSR count). The fraction of sp³-hybridized carbons (Fsp3) is 0.360. The number of benzene rings is 2. The molecule has 9 heteroatoms. The number of nitrogens with zero attached hydrogens (tertiary/aromatic N) is 1.